The van der Waals surface area contributed by atoms with Gasteiger partial charge in [0.1, 0.15) is 281 Å². The van der Waals surface area contributed by atoms with Crippen LogP contribution < -0.4 is 16.0 Å². The second kappa shape index (κ2) is 49.7. The van der Waals surface area contributed by atoms with Crippen molar-refractivity contribution in [1.29, 1.82) is 0 Å². The van der Waals surface area contributed by atoms with Gasteiger partial charge in [0, 0.05) is 20.8 Å². The molecule has 36 N–H and O–H groups in total. The third kappa shape index (κ3) is 24.6. The van der Waals surface area contributed by atoms with Crippen molar-refractivity contribution in [2.24, 2.45) is 0 Å². The van der Waals surface area contributed by atoms with Gasteiger partial charge in [-0.3, -0.25) is 14.4 Å². The zero-order valence-electron chi connectivity index (χ0n) is 75.1. The van der Waals surface area contributed by atoms with E-state index in [0.29, 0.717) is 0 Å². The van der Waals surface area contributed by atoms with Gasteiger partial charge in [0.2, 0.25) is 17.7 Å². The molecule has 0 aromatic carbocycles. The number of carbonyl (C=O) groups excluding carboxylic acids is 3. The Morgan fingerprint density at radius 2 is 0.429 bits per heavy atom. The first kappa shape index (κ1) is 115. The number of hydrogen-bond donors (Lipinski definition) is 36. The molecule has 0 aliphatic carbocycles. The molecule has 12 rings (SSSR count). The molecule has 0 saturated carbocycles. The second-order valence-corrected chi connectivity index (χ2v) is 35.8. The summed E-state index contributed by atoms with van der Waals surface area (Å²) in [5.74, 6) is -3.17. The number of carbonyl (C=O) groups is 3. The van der Waals surface area contributed by atoms with Gasteiger partial charge in [-0.15, -0.1) is 0 Å². The van der Waals surface area contributed by atoms with Crippen LogP contribution in [0.15, 0.2) is 0 Å². The van der Waals surface area contributed by atoms with Crippen molar-refractivity contribution >= 4 is 17.7 Å². The van der Waals surface area contributed by atoms with E-state index in [9.17, 15) is 183 Å². The molecule has 0 aromatic heterocycles. The average Bonchev–Trinajstić information content (AvgIpc) is 0.761. The molecule has 3 amide bonds. The van der Waals surface area contributed by atoms with E-state index in [2.05, 4.69) is 16.0 Å². The van der Waals surface area contributed by atoms with Gasteiger partial charge in [-0.25, -0.2) is 0 Å². The third-order valence-corrected chi connectivity index (χ3v) is 26.2. The van der Waals surface area contributed by atoms with E-state index in [-0.39, 0.29) is 0 Å². The molecule has 12 aliphatic heterocycles. The normalized spacial score (nSPS) is 51.6. The zero-order chi connectivity index (χ0) is 103. The molecule has 0 spiro atoms. The van der Waals surface area contributed by atoms with Crippen LogP contribution in [0.1, 0.15) is 34.6 Å². The lowest BCUT2D eigenvalue weighted by molar-refractivity contribution is -0.406. The van der Waals surface area contributed by atoms with Crippen molar-refractivity contribution in [2.45, 2.75) is 403 Å². The SMILES string of the molecule is CC(=O)N[C@H]1[C@H](O[C@H]2[C@@H](O)[C@@H](CO)O[C@@H](O[C@H]3[C@H](O)[C@@H](O)C(O)O[C@@H]3CO)[C@@H]2O)O[C@H](CO)[C@@H](O[C@@H]2O[C@H](CO[C@@H]3O[C@H](CO)[C@@H](O[C@@H]4O[C@H](CO)[C@H](O)[C@H](O[C@H]5O[C@H](CO)[C@H](O)[C@H](O)[C@H]5O)[C@H]4O[C@H]4O[C@H](C)[C@H](O)[C@H](O)[C@H]4O)[C@H](O)[C@H]3NC(C)=O)[C@H](O)[C@H](O[C@@H]3O[C@H](CO)[C@@H](O[C@@H]4O[C@H](CO)[C@H](O)[C@H](O[C@H]5O[C@H](CO)[C@H](O)[C@H](O)[C@H]5O)[C@H]4O[C@H]4O[C@H](C)[C@H](O)[C@H](O)[C@H]4O)[C@H](O)[C@H]3NC(C)=O)[C@H]2O)[C@@H]1O. The number of nitrogens with one attached hydrogen (secondary N) is 3. The quantitative estimate of drug-likeness (QED) is 0.0280. The monoisotopic (exact) mass is 2050 g/mol. The Labute approximate surface area is 792 Å². The summed E-state index contributed by atoms with van der Waals surface area (Å²) in [6.07, 6.45) is -122. The number of amides is 3. The van der Waals surface area contributed by atoms with E-state index >= 15 is 0 Å². The van der Waals surface area contributed by atoms with Crippen LogP contribution in [0.4, 0.5) is 0 Å². The third-order valence-electron chi connectivity index (χ3n) is 26.2. The van der Waals surface area contributed by atoms with Crippen molar-refractivity contribution < 1.29 is 292 Å². The largest absolute Gasteiger partial charge is 0.394 e. The van der Waals surface area contributed by atoms with Crippen LogP contribution in [0.25, 0.3) is 0 Å². The predicted molar refractivity (Wildman–Crippen MR) is 427 cm³/mol. The Morgan fingerprint density at radius 3 is 0.764 bits per heavy atom. The molecular formula is C78H131N3O59. The van der Waals surface area contributed by atoms with Crippen LogP contribution in [0.5, 0.6) is 0 Å². The molecule has 140 heavy (non-hydrogen) atoms. The summed E-state index contributed by atoms with van der Waals surface area (Å²) >= 11 is 0. The second-order valence-electron chi connectivity index (χ2n) is 35.8. The van der Waals surface area contributed by atoms with E-state index in [1.54, 1.807) is 0 Å². The number of rotatable bonds is 35. The summed E-state index contributed by atoms with van der Waals surface area (Å²) in [7, 11) is 0. The molecule has 0 radical (unpaired) electrons. The van der Waals surface area contributed by atoms with Gasteiger partial charge in [-0.05, 0) is 13.8 Å². The molecule has 1 unspecified atom stereocenters. The first-order valence-electron chi connectivity index (χ1n) is 44.9. The van der Waals surface area contributed by atoms with Gasteiger partial charge >= 0.3 is 0 Å². The Bertz CT molecular complexity index is 3820. The van der Waals surface area contributed by atoms with Crippen molar-refractivity contribution in [3.63, 3.8) is 0 Å². The molecule has 62 heteroatoms. The Balaban J connectivity index is 0.872. The van der Waals surface area contributed by atoms with Crippen molar-refractivity contribution in [1.82, 2.24) is 16.0 Å². The summed E-state index contributed by atoms with van der Waals surface area (Å²) in [6, 6.07) is -6.35. The van der Waals surface area contributed by atoms with Gasteiger partial charge < -0.3 is 293 Å². The van der Waals surface area contributed by atoms with Crippen LogP contribution in [0.3, 0.4) is 0 Å². The first-order chi connectivity index (χ1) is 66.2. The van der Waals surface area contributed by atoms with Crippen LogP contribution in [-0.2, 0) is 123 Å². The minimum atomic E-state index is -2.66. The zero-order valence-corrected chi connectivity index (χ0v) is 75.1. The molecule has 60 atom stereocenters. The highest BCUT2D eigenvalue weighted by Crippen LogP contribution is 2.43. The van der Waals surface area contributed by atoms with Crippen LogP contribution in [-0.4, -0.2) is 621 Å². The van der Waals surface area contributed by atoms with E-state index in [1.165, 1.54) is 13.8 Å². The van der Waals surface area contributed by atoms with Crippen molar-refractivity contribution in [2.75, 3.05) is 66.1 Å². The molecule has 0 aromatic rings. The molecule has 0 bridgehead atoms. The maximum Gasteiger partial charge on any atom is 0.217 e. The molecular weight excluding hydrogens is 1920 g/mol. The Kier molecular flexibility index (Phi) is 40.8. The molecule has 12 aliphatic rings. The first-order valence-corrected chi connectivity index (χ1v) is 44.9. The molecule has 12 heterocycles. The minimum absolute atomic E-state index is 0.859. The van der Waals surface area contributed by atoms with Gasteiger partial charge in [0.25, 0.3) is 0 Å². The number of aliphatic hydroxyl groups excluding tert-OH is 33. The van der Waals surface area contributed by atoms with Gasteiger partial charge in [0.05, 0.1) is 78.3 Å². The lowest BCUT2D eigenvalue weighted by Crippen LogP contribution is -2.71. The van der Waals surface area contributed by atoms with Gasteiger partial charge in [0.15, 0.2) is 75.5 Å². The number of aliphatic hydroxyl groups is 33. The fourth-order valence-electron chi connectivity index (χ4n) is 18.4. The van der Waals surface area contributed by atoms with Gasteiger partial charge in [-0.1, -0.05) is 0 Å². The van der Waals surface area contributed by atoms with E-state index in [4.69, 9.17) is 109 Å². The van der Waals surface area contributed by atoms with E-state index < -0.39 is 452 Å². The fraction of sp³-hybridized carbons (Fsp3) is 0.962. The van der Waals surface area contributed by atoms with Crippen molar-refractivity contribution in [3.05, 3.63) is 0 Å². The topological polar surface area (TPSA) is 967 Å². The highest BCUT2D eigenvalue weighted by atomic mass is 16.8. The lowest BCUT2D eigenvalue weighted by atomic mass is 9.93. The Morgan fingerprint density at radius 1 is 0.200 bits per heavy atom. The lowest BCUT2D eigenvalue weighted by Gasteiger charge is -2.52. The minimum Gasteiger partial charge on any atom is -0.394 e. The summed E-state index contributed by atoms with van der Waals surface area (Å²) in [4.78, 5) is 40.3. The van der Waals surface area contributed by atoms with Crippen LogP contribution in [0.2, 0.25) is 0 Å². The summed E-state index contributed by atoms with van der Waals surface area (Å²) in [5.41, 5.74) is 0. The summed E-state index contributed by atoms with van der Waals surface area (Å²) < 4.78 is 137. The van der Waals surface area contributed by atoms with Crippen molar-refractivity contribution in [3.8, 4) is 0 Å². The molecule has 812 valence electrons. The standard InChI is InChI=1S/C78H131N3O59/c1-16-34(94)45(105)51(111)71(119-16)139-65-63(137-73-53(113)47(107)36(96)21(6-82)122-73)39(99)24(9-85)125-77(65)133-58-27(12-88)127-68(31(42(58)102)79-18(3)91)118-15-30-41(101)62(56(116)76(130-30)131-57-28(13-89)128-69(32(43(57)103)80-19(4)92)135-61-38(98)23(8-84)124-75(55(61)115)132-60-26(11-87)121-67(117)50(110)49(60)109)136-70-33(81-20(5)93)44(104)59(29(14-90)129-70)134-78-66(140-72-52(112)46(106)35(95)17(2)120-72)64(40(100)25(10-86)126-78)138-74-54(114)48(108)37(97)22(7-83)123-74/h16-17,21-78,82-90,94-117H,6-15H2,1-5H3,(H,79,91)(H,80,92)(H,81,93)/t16-,17-,21-,22-,23-,24-,25-,26-,27-,28-,29-,30-,31-,32-,33-,34+,35+,36+,37+,38+,39+,40+,41+,42-,43-,44-,45+,46+,47+,48+,49-,50-,51-,52-,53-,54-,55-,56-,57-,58-,59-,60-,61+,62+,63+,64+,65-,66-,67?,68-,69+,70+,71-,72-,73-,74-,75+,76+,77+,78+/m1/s1. The van der Waals surface area contributed by atoms with E-state index in [0.717, 1.165) is 20.8 Å². The highest BCUT2D eigenvalue weighted by molar-refractivity contribution is 5.74. The van der Waals surface area contributed by atoms with Crippen LogP contribution >= 0.6 is 0 Å². The highest BCUT2D eigenvalue weighted by Gasteiger charge is 2.64. The smallest absolute Gasteiger partial charge is 0.217 e. The number of ether oxygens (including phenoxy) is 23. The molecule has 12 fully saturated rings. The van der Waals surface area contributed by atoms with Gasteiger partial charge in [-0.2, -0.15) is 0 Å². The maximum absolute atomic E-state index is 13.6. The summed E-state index contributed by atoms with van der Waals surface area (Å²) in [6.45, 7) is -6.73. The average molecular weight is 2050 g/mol. The predicted octanol–water partition coefficient (Wildman–Crippen LogP) is -24.7. The number of hydrogen-bond acceptors (Lipinski definition) is 59. The van der Waals surface area contributed by atoms with E-state index in [1.807, 2.05) is 0 Å². The molecule has 12 saturated heterocycles. The van der Waals surface area contributed by atoms with Crippen LogP contribution in [0, 0.1) is 0 Å². The maximum atomic E-state index is 13.6. The Hall–Kier alpha value is -3.83. The molecule has 62 nitrogen and oxygen atoms in total. The fourth-order valence-corrected chi connectivity index (χ4v) is 18.4. The summed E-state index contributed by atoms with van der Waals surface area (Å²) in [5, 5.41) is 377.